The van der Waals surface area contributed by atoms with Gasteiger partial charge in [0.1, 0.15) is 10.6 Å². The van der Waals surface area contributed by atoms with E-state index in [1.165, 1.54) is 0 Å². The third-order valence-corrected chi connectivity index (χ3v) is 3.26. The van der Waals surface area contributed by atoms with Crippen molar-refractivity contribution in [1.82, 2.24) is 9.69 Å². The number of hydrogen-bond donors (Lipinski definition) is 3. The Bertz CT molecular complexity index is 445. The molecule has 0 bridgehead atoms. The molecule has 0 aromatic carbocycles. The summed E-state index contributed by atoms with van der Waals surface area (Å²) >= 11 is 1.08. The van der Waals surface area contributed by atoms with Gasteiger partial charge in [-0.3, -0.25) is 9.59 Å². The van der Waals surface area contributed by atoms with Gasteiger partial charge in [-0.15, -0.1) is 0 Å². The molecule has 5 N–H and O–H groups in total. The van der Waals surface area contributed by atoms with Crippen LogP contribution in [0.25, 0.3) is 0 Å². The molecule has 0 aliphatic heterocycles. The Labute approximate surface area is 109 Å². The topological polar surface area (TPSA) is 114 Å². The summed E-state index contributed by atoms with van der Waals surface area (Å²) in [6.45, 7) is 2.74. The summed E-state index contributed by atoms with van der Waals surface area (Å²) in [7, 11) is 1.56. The van der Waals surface area contributed by atoms with Crippen LogP contribution in [0.3, 0.4) is 0 Å². The molecule has 1 aromatic heterocycles. The second kappa shape index (κ2) is 6.20. The van der Waals surface area contributed by atoms with Crippen molar-refractivity contribution in [3.8, 4) is 0 Å². The van der Waals surface area contributed by atoms with E-state index < -0.39 is 5.91 Å². The first-order valence-electron chi connectivity index (χ1n) is 5.51. The fourth-order valence-electron chi connectivity index (χ4n) is 1.52. The average molecular weight is 271 g/mol. The van der Waals surface area contributed by atoms with E-state index in [9.17, 15) is 9.59 Å². The van der Waals surface area contributed by atoms with E-state index >= 15 is 0 Å². The fourth-order valence-corrected chi connectivity index (χ4v) is 2.36. The van der Waals surface area contributed by atoms with Crippen molar-refractivity contribution in [2.24, 2.45) is 5.73 Å². The van der Waals surface area contributed by atoms with Gasteiger partial charge in [0.15, 0.2) is 5.82 Å². The zero-order chi connectivity index (χ0) is 13.7. The summed E-state index contributed by atoms with van der Waals surface area (Å²) in [5.74, 6) is -0.666. The van der Waals surface area contributed by atoms with Crippen molar-refractivity contribution in [3.63, 3.8) is 0 Å². The lowest BCUT2D eigenvalue weighted by Crippen LogP contribution is -2.36. The smallest absolute Gasteiger partial charge is 0.255 e. The molecule has 0 aliphatic rings. The van der Waals surface area contributed by atoms with E-state index in [1.54, 1.807) is 11.9 Å². The molecule has 0 aliphatic carbocycles. The number of nitrogens with two attached hydrogens (primary N) is 2. The van der Waals surface area contributed by atoms with Crippen LogP contribution in [-0.2, 0) is 4.79 Å². The van der Waals surface area contributed by atoms with Crippen molar-refractivity contribution in [2.45, 2.75) is 13.3 Å². The maximum absolute atomic E-state index is 11.4. The number of nitrogen functional groups attached to an aromatic ring is 1. The van der Waals surface area contributed by atoms with Crippen LogP contribution in [0.4, 0.5) is 10.8 Å². The highest BCUT2D eigenvalue weighted by atomic mass is 32.1. The highest BCUT2D eigenvalue weighted by Gasteiger charge is 2.22. The highest BCUT2D eigenvalue weighted by molar-refractivity contribution is 7.11. The molecule has 1 rings (SSSR count). The SMILES string of the molecule is CCCN(CC(=O)NC)c1snc(N)c1C(N)=O. The minimum Gasteiger partial charge on any atom is -0.382 e. The molecule has 18 heavy (non-hydrogen) atoms. The van der Waals surface area contributed by atoms with Gasteiger partial charge in [-0.2, -0.15) is 4.37 Å². The summed E-state index contributed by atoms with van der Waals surface area (Å²) in [4.78, 5) is 24.5. The van der Waals surface area contributed by atoms with Crippen LogP contribution >= 0.6 is 11.5 Å². The largest absolute Gasteiger partial charge is 0.382 e. The molecule has 2 amide bonds. The van der Waals surface area contributed by atoms with Gasteiger partial charge in [-0.25, -0.2) is 0 Å². The van der Waals surface area contributed by atoms with Crippen LogP contribution in [0.1, 0.15) is 23.7 Å². The van der Waals surface area contributed by atoms with Crippen molar-refractivity contribution in [3.05, 3.63) is 5.56 Å². The van der Waals surface area contributed by atoms with Gasteiger partial charge in [-0.05, 0) is 18.0 Å². The molecule has 0 radical (unpaired) electrons. The second-order valence-electron chi connectivity index (χ2n) is 3.71. The van der Waals surface area contributed by atoms with Crippen LogP contribution < -0.4 is 21.7 Å². The Morgan fingerprint density at radius 2 is 2.17 bits per heavy atom. The fraction of sp³-hybridized carbons (Fsp3) is 0.500. The van der Waals surface area contributed by atoms with E-state index in [0.29, 0.717) is 11.5 Å². The third kappa shape index (κ3) is 3.10. The highest BCUT2D eigenvalue weighted by Crippen LogP contribution is 2.30. The molecule has 7 nitrogen and oxygen atoms in total. The molecule has 0 unspecified atom stereocenters. The van der Waals surface area contributed by atoms with E-state index in [1.807, 2.05) is 6.92 Å². The van der Waals surface area contributed by atoms with E-state index in [4.69, 9.17) is 11.5 Å². The number of carbonyl (C=O) groups is 2. The molecule has 8 heteroatoms. The zero-order valence-corrected chi connectivity index (χ0v) is 11.2. The van der Waals surface area contributed by atoms with Gasteiger partial charge in [0.25, 0.3) is 5.91 Å². The Balaban J connectivity index is 3.05. The summed E-state index contributed by atoms with van der Waals surface area (Å²) in [5.41, 5.74) is 11.1. The van der Waals surface area contributed by atoms with Crippen molar-refractivity contribution >= 4 is 34.2 Å². The first kappa shape index (κ1) is 14.2. The lowest BCUT2D eigenvalue weighted by Gasteiger charge is -2.21. The number of hydrogen-bond acceptors (Lipinski definition) is 6. The van der Waals surface area contributed by atoms with Crippen LogP contribution in [0.15, 0.2) is 0 Å². The van der Waals surface area contributed by atoms with Gasteiger partial charge in [0, 0.05) is 13.6 Å². The maximum atomic E-state index is 11.4. The number of rotatable bonds is 6. The first-order chi connectivity index (χ1) is 8.51. The lowest BCUT2D eigenvalue weighted by atomic mass is 10.2. The number of carbonyl (C=O) groups excluding carboxylic acids is 2. The molecule has 0 spiro atoms. The number of amides is 2. The lowest BCUT2D eigenvalue weighted by molar-refractivity contribution is -0.119. The Morgan fingerprint density at radius 1 is 1.50 bits per heavy atom. The second-order valence-corrected chi connectivity index (χ2v) is 4.46. The summed E-state index contributed by atoms with van der Waals surface area (Å²) in [6.07, 6.45) is 0.826. The number of primary amides is 1. The van der Waals surface area contributed by atoms with Gasteiger partial charge in [0.2, 0.25) is 5.91 Å². The van der Waals surface area contributed by atoms with E-state index in [0.717, 1.165) is 18.0 Å². The Kier molecular flexibility index (Phi) is 4.90. The number of nitrogens with one attached hydrogen (secondary N) is 1. The minimum atomic E-state index is -0.630. The van der Waals surface area contributed by atoms with Crippen LogP contribution in [-0.4, -0.2) is 36.3 Å². The standard InChI is InChI=1S/C10H17N5O2S/c1-3-4-15(5-6(16)13-2)10-7(9(12)17)8(11)14-18-10/h3-5H2,1-2H3,(H2,11,14)(H2,12,17)(H,13,16). The number of aromatic nitrogens is 1. The minimum absolute atomic E-state index is 0.112. The summed E-state index contributed by atoms with van der Waals surface area (Å²) in [5, 5.41) is 3.08. The molecular formula is C10H17N5O2S. The van der Waals surface area contributed by atoms with Gasteiger partial charge < -0.3 is 21.7 Å². The molecule has 0 saturated carbocycles. The number of likely N-dealkylation sites (N-methyl/N-ethyl adjacent to an activating group) is 1. The molecule has 1 heterocycles. The predicted octanol–water partition coefficient (Wildman–Crippen LogP) is -0.213. The van der Waals surface area contributed by atoms with E-state index in [2.05, 4.69) is 9.69 Å². The zero-order valence-electron chi connectivity index (χ0n) is 10.4. The first-order valence-corrected chi connectivity index (χ1v) is 6.29. The monoisotopic (exact) mass is 271 g/mol. The molecule has 1 aromatic rings. The van der Waals surface area contributed by atoms with Crippen LogP contribution in [0.2, 0.25) is 0 Å². The molecule has 100 valence electrons. The molecule has 0 fully saturated rings. The molecular weight excluding hydrogens is 254 g/mol. The normalized spacial score (nSPS) is 10.1. The summed E-state index contributed by atoms with van der Waals surface area (Å²) in [6, 6.07) is 0. The van der Waals surface area contributed by atoms with Gasteiger partial charge in [0.05, 0.1) is 6.54 Å². The maximum Gasteiger partial charge on any atom is 0.255 e. The van der Waals surface area contributed by atoms with Crippen molar-refractivity contribution in [1.29, 1.82) is 0 Å². The molecule has 0 atom stereocenters. The van der Waals surface area contributed by atoms with Crippen LogP contribution in [0, 0.1) is 0 Å². The Hall–Kier alpha value is -1.83. The summed E-state index contributed by atoms with van der Waals surface area (Å²) < 4.78 is 3.92. The van der Waals surface area contributed by atoms with Crippen molar-refractivity contribution in [2.75, 3.05) is 30.8 Å². The predicted molar refractivity (Wildman–Crippen MR) is 71.6 cm³/mol. The average Bonchev–Trinajstić information content (AvgIpc) is 2.70. The molecule has 0 saturated heterocycles. The van der Waals surface area contributed by atoms with Crippen LogP contribution in [0.5, 0.6) is 0 Å². The quantitative estimate of drug-likeness (QED) is 0.662. The van der Waals surface area contributed by atoms with E-state index in [-0.39, 0.29) is 23.8 Å². The van der Waals surface area contributed by atoms with Gasteiger partial charge in [-0.1, -0.05) is 6.92 Å². The van der Waals surface area contributed by atoms with Crippen molar-refractivity contribution < 1.29 is 9.59 Å². The van der Waals surface area contributed by atoms with Gasteiger partial charge >= 0.3 is 0 Å². The Morgan fingerprint density at radius 3 is 2.67 bits per heavy atom. The third-order valence-electron chi connectivity index (χ3n) is 2.34. The number of anilines is 2. The number of nitrogens with zero attached hydrogens (tertiary/aromatic N) is 2.